The molecule has 106 valence electrons. The van der Waals surface area contributed by atoms with Crippen LogP contribution in [0, 0.1) is 0 Å². The molecule has 1 aliphatic rings. The quantitative estimate of drug-likeness (QED) is 0.837. The first-order chi connectivity index (χ1) is 8.96. The van der Waals surface area contributed by atoms with Crippen molar-refractivity contribution in [2.24, 2.45) is 0 Å². The molecule has 0 saturated carbocycles. The predicted molar refractivity (Wildman–Crippen MR) is 70.0 cm³/mol. The lowest BCUT2D eigenvalue weighted by Crippen LogP contribution is -2.29. The molecule has 4 heteroatoms. The fourth-order valence-corrected chi connectivity index (χ4v) is 2.77. The Bertz CT molecular complexity index is 414. The van der Waals surface area contributed by atoms with Crippen molar-refractivity contribution in [2.45, 2.75) is 57.3 Å². The SMILES string of the molecule is CC(CCCC(F)(F)F)NC1CCc2ccccc21. The van der Waals surface area contributed by atoms with E-state index in [1.54, 1.807) is 0 Å². The second-order valence-corrected chi connectivity index (χ2v) is 5.37. The Balaban J connectivity index is 1.79. The van der Waals surface area contributed by atoms with Crippen LogP contribution in [-0.4, -0.2) is 12.2 Å². The van der Waals surface area contributed by atoms with E-state index in [1.165, 1.54) is 11.1 Å². The maximum atomic E-state index is 12.1. The van der Waals surface area contributed by atoms with Crippen LogP contribution in [0.25, 0.3) is 0 Å². The molecule has 2 unspecified atom stereocenters. The lowest BCUT2D eigenvalue weighted by atomic mass is 10.1. The molecule has 1 aliphatic carbocycles. The molecule has 19 heavy (non-hydrogen) atoms. The van der Waals surface area contributed by atoms with Crippen molar-refractivity contribution in [3.63, 3.8) is 0 Å². The van der Waals surface area contributed by atoms with Gasteiger partial charge in [-0.3, -0.25) is 0 Å². The highest BCUT2D eigenvalue weighted by atomic mass is 19.4. The third-order valence-electron chi connectivity index (χ3n) is 3.72. The van der Waals surface area contributed by atoms with E-state index in [1.807, 2.05) is 19.1 Å². The molecular weight excluding hydrogens is 251 g/mol. The summed E-state index contributed by atoms with van der Waals surface area (Å²) in [6.45, 7) is 1.97. The minimum absolute atomic E-state index is 0.124. The van der Waals surface area contributed by atoms with E-state index in [0.717, 1.165) is 12.8 Å². The van der Waals surface area contributed by atoms with Gasteiger partial charge in [-0.15, -0.1) is 0 Å². The fourth-order valence-electron chi connectivity index (χ4n) is 2.77. The van der Waals surface area contributed by atoms with E-state index >= 15 is 0 Å². The van der Waals surface area contributed by atoms with Crippen molar-refractivity contribution in [3.8, 4) is 0 Å². The Labute approximate surface area is 112 Å². The summed E-state index contributed by atoms with van der Waals surface area (Å²) in [5, 5.41) is 3.45. The first-order valence-corrected chi connectivity index (χ1v) is 6.86. The normalized spacial score (nSPS) is 20.3. The van der Waals surface area contributed by atoms with Crippen molar-refractivity contribution in [1.82, 2.24) is 5.32 Å². The standard InChI is InChI=1S/C15H20F3N/c1-11(5-4-10-15(16,17)18)19-14-9-8-12-6-2-3-7-13(12)14/h2-3,6-7,11,14,19H,4-5,8-10H2,1H3. The third-order valence-corrected chi connectivity index (χ3v) is 3.72. The monoisotopic (exact) mass is 271 g/mol. The van der Waals surface area contributed by atoms with Crippen LogP contribution in [0.5, 0.6) is 0 Å². The summed E-state index contributed by atoms with van der Waals surface area (Å²) in [7, 11) is 0. The molecule has 0 aliphatic heterocycles. The van der Waals surface area contributed by atoms with Gasteiger partial charge in [-0.05, 0) is 43.7 Å². The Morgan fingerprint density at radius 3 is 2.79 bits per heavy atom. The van der Waals surface area contributed by atoms with Crippen molar-refractivity contribution < 1.29 is 13.2 Å². The van der Waals surface area contributed by atoms with Gasteiger partial charge in [0.1, 0.15) is 0 Å². The third kappa shape index (κ3) is 4.23. The highest BCUT2D eigenvalue weighted by molar-refractivity contribution is 5.34. The van der Waals surface area contributed by atoms with Gasteiger partial charge in [0.05, 0.1) is 0 Å². The fraction of sp³-hybridized carbons (Fsp3) is 0.600. The predicted octanol–water partition coefficient (Wildman–Crippen LogP) is 4.38. The molecular formula is C15H20F3N. The molecule has 2 rings (SSSR count). The molecule has 0 spiro atoms. The molecule has 1 aromatic carbocycles. The van der Waals surface area contributed by atoms with Gasteiger partial charge in [0.25, 0.3) is 0 Å². The van der Waals surface area contributed by atoms with Crippen LogP contribution in [0.15, 0.2) is 24.3 Å². The van der Waals surface area contributed by atoms with Crippen LogP contribution in [0.3, 0.4) is 0 Å². The van der Waals surface area contributed by atoms with Gasteiger partial charge in [-0.25, -0.2) is 0 Å². The van der Waals surface area contributed by atoms with E-state index in [9.17, 15) is 13.2 Å². The maximum absolute atomic E-state index is 12.1. The Kier molecular flexibility index (Phi) is 4.50. The number of benzene rings is 1. The first-order valence-electron chi connectivity index (χ1n) is 6.86. The molecule has 0 aromatic heterocycles. The zero-order chi connectivity index (χ0) is 13.9. The molecule has 0 amide bonds. The number of halogens is 3. The van der Waals surface area contributed by atoms with Crippen LogP contribution in [0.4, 0.5) is 13.2 Å². The zero-order valence-electron chi connectivity index (χ0n) is 11.1. The van der Waals surface area contributed by atoms with Crippen LogP contribution in [0.1, 0.15) is 49.8 Å². The van der Waals surface area contributed by atoms with Crippen LogP contribution in [0.2, 0.25) is 0 Å². The highest BCUT2D eigenvalue weighted by Gasteiger charge is 2.27. The highest BCUT2D eigenvalue weighted by Crippen LogP contribution is 2.31. The summed E-state index contributed by atoms with van der Waals surface area (Å²) in [4.78, 5) is 0. The van der Waals surface area contributed by atoms with Crippen LogP contribution < -0.4 is 5.32 Å². The molecule has 0 saturated heterocycles. The summed E-state index contributed by atoms with van der Waals surface area (Å²) in [5.41, 5.74) is 2.67. The second-order valence-electron chi connectivity index (χ2n) is 5.37. The summed E-state index contributed by atoms with van der Waals surface area (Å²) < 4.78 is 36.3. The van der Waals surface area contributed by atoms with E-state index < -0.39 is 12.6 Å². The van der Waals surface area contributed by atoms with Gasteiger partial charge in [0, 0.05) is 18.5 Å². The number of fused-ring (bicyclic) bond motifs is 1. The van der Waals surface area contributed by atoms with E-state index in [2.05, 4.69) is 17.4 Å². The smallest absolute Gasteiger partial charge is 0.307 e. The van der Waals surface area contributed by atoms with Gasteiger partial charge in [-0.1, -0.05) is 24.3 Å². The Morgan fingerprint density at radius 1 is 1.32 bits per heavy atom. The summed E-state index contributed by atoms with van der Waals surface area (Å²) in [6, 6.07) is 8.73. The summed E-state index contributed by atoms with van der Waals surface area (Å²) in [5.74, 6) is 0. The zero-order valence-corrected chi connectivity index (χ0v) is 11.1. The molecule has 2 atom stereocenters. The Morgan fingerprint density at radius 2 is 2.05 bits per heavy atom. The van der Waals surface area contributed by atoms with Gasteiger partial charge in [0.15, 0.2) is 0 Å². The van der Waals surface area contributed by atoms with Crippen molar-refractivity contribution in [2.75, 3.05) is 0 Å². The number of rotatable bonds is 5. The van der Waals surface area contributed by atoms with Gasteiger partial charge >= 0.3 is 6.18 Å². The molecule has 1 nitrogen and oxygen atoms in total. The largest absolute Gasteiger partial charge is 0.389 e. The Hall–Kier alpha value is -1.03. The molecule has 0 fully saturated rings. The number of aryl methyl sites for hydroxylation is 1. The van der Waals surface area contributed by atoms with Gasteiger partial charge in [0.2, 0.25) is 0 Å². The minimum atomic E-state index is -4.03. The van der Waals surface area contributed by atoms with Crippen molar-refractivity contribution in [3.05, 3.63) is 35.4 Å². The lowest BCUT2D eigenvalue weighted by molar-refractivity contribution is -0.135. The summed E-state index contributed by atoms with van der Waals surface area (Å²) >= 11 is 0. The number of hydrogen-bond donors (Lipinski definition) is 1. The van der Waals surface area contributed by atoms with Gasteiger partial charge < -0.3 is 5.32 Å². The average Bonchev–Trinajstić information content (AvgIpc) is 2.71. The number of alkyl halides is 3. The first kappa shape index (κ1) is 14.4. The van der Waals surface area contributed by atoms with Gasteiger partial charge in [-0.2, -0.15) is 13.2 Å². The second kappa shape index (κ2) is 5.95. The molecule has 0 radical (unpaired) electrons. The van der Waals surface area contributed by atoms with Crippen LogP contribution in [-0.2, 0) is 6.42 Å². The van der Waals surface area contributed by atoms with Crippen molar-refractivity contribution in [1.29, 1.82) is 0 Å². The summed E-state index contributed by atoms with van der Waals surface area (Å²) in [6.07, 6.45) is -1.84. The molecule has 1 N–H and O–H groups in total. The molecule has 0 bridgehead atoms. The topological polar surface area (TPSA) is 12.0 Å². The van der Waals surface area contributed by atoms with Crippen LogP contribution >= 0.6 is 0 Å². The lowest BCUT2D eigenvalue weighted by Gasteiger charge is -2.20. The van der Waals surface area contributed by atoms with Crippen molar-refractivity contribution >= 4 is 0 Å². The average molecular weight is 271 g/mol. The van der Waals surface area contributed by atoms with E-state index in [-0.39, 0.29) is 12.5 Å². The minimum Gasteiger partial charge on any atom is -0.307 e. The number of nitrogens with one attached hydrogen (secondary N) is 1. The van der Waals surface area contributed by atoms with E-state index in [0.29, 0.717) is 12.5 Å². The molecule has 0 heterocycles. The van der Waals surface area contributed by atoms with E-state index in [4.69, 9.17) is 0 Å². The molecule has 1 aromatic rings. The number of hydrogen-bond acceptors (Lipinski definition) is 1. The maximum Gasteiger partial charge on any atom is 0.389 e.